The van der Waals surface area contributed by atoms with Crippen LogP contribution in [0.2, 0.25) is 0 Å². The molecule has 0 aliphatic carbocycles. The first-order chi connectivity index (χ1) is 7.79. The molecule has 5 nitrogen and oxygen atoms in total. The summed E-state index contributed by atoms with van der Waals surface area (Å²) in [5, 5.41) is 20.4. The van der Waals surface area contributed by atoms with Gasteiger partial charge in [0.15, 0.2) is 0 Å². The Morgan fingerprint density at radius 1 is 1.35 bits per heavy atom. The average molecular weight is 245 g/mol. The minimum absolute atomic E-state index is 0.0160. The lowest BCUT2D eigenvalue weighted by Crippen LogP contribution is -2.33. The monoisotopic (exact) mass is 245 g/mol. The molecule has 100 valence electrons. The van der Waals surface area contributed by atoms with Crippen LogP contribution >= 0.6 is 0 Å². The molecule has 0 aliphatic rings. The average Bonchev–Trinajstić information content (AvgIpc) is 2.23. The van der Waals surface area contributed by atoms with E-state index in [4.69, 9.17) is 10.2 Å². The van der Waals surface area contributed by atoms with E-state index in [9.17, 15) is 9.59 Å². The molecule has 0 aromatic heterocycles. The molecule has 5 heteroatoms. The predicted octanol–water partition coefficient (Wildman–Crippen LogP) is 1.01. The minimum Gasteiger partial charge on any atom is -0.481 e. The third-order valence-electron chi connectivity index (χ3n) is 2.69. The summed E-state index contributed by atoms with van der Waals surface area (Å²) in [5.74, 6) is -0.974. The van der Waals surface area contributed by atoms with Gasteiger partial charge in [-0.2, -0.15) is 0 Å². The molecule has 0 aliphatic heterocycles. The van der Waals surface area contributed by atoms with Gasteiger partial charge in [0.05, 0.1) is 5.41 Å². The van der Waals surface area contributed by atoms with Crippen LogP contribution in [0.1, 0.15) is 40.0 Å². The molecule has 0 bridgehead atoms. The summed E-state index contributed by atoms with van der Waals surface area (Å²) in [6.45, 7) is 5.68. The van der Waals surface area contributed by atoms with Gasteiger partial charge in [-0.3, -0.25) is 9.59 Å². The number of carbonyl (C=O) groups excluding carboxylic acids is 1. The summed E-state index contributed by atoms with van der Waals surface area (Å²) >= 11 is 0. The van der Waals surface area contributed by atoms with Crippen molar-refractivity contribution in [1.29, 1.82) is 0 Å². The summed E-state index contributed by atoms with van der Waals surface area (Å²) < 4.78 is 0. The molecule has 0 fully saturated rings. The van der Waals surface area contributed by atoms with Gasteiger partial charge in [-0.1, -0.05) is 6.92 Å². The van der Waals surface area contributed by atoms with Gasteiger partial charge in [-0.15, -0.1) is 0 Å². The highest BCUT2D eigenvalue weighted by atomic mass is 16.4. The highest BCUT2D eigenvalue weighted by molar-refractivity contribution is 5.84. The van der Waals surface area contributed by atoms with Gasteiger partial charge in [0.25, 0.3) is 0 Å². The highest BCUT2D eigenvalue weighted by Gasteiger charge is 2.29. The third-order valence-corrected chi connectivity index (χ3v) is 2.69. The fraction of sp³-hybridized carbons (Fsp3) is 0.833. The van der Waals surface area contributed by atoms with E-state index < -0.39 is 11.4 Å². The quantitative estimate of drug-likeness (QED) is 0.557. The van der Waals surface area contributed by atoms with Crippen molar-refractivity contribution in [1.82, 2.24) is 5.32 Å². The number of carbonyl (C=O) groups is 2. The van der Waals surface area contributed by atoms with Crippen LogP contribution in [-0.2, 0) is 9.59 Å². The van der Waals surface area contributed by atoms with Gasteiger partial charge in [0.1, 0.15) is 0 Å². The first-order valence-corrected chi connectivity index (χ1v) is 5.90. The van der Waals surface area contributed by atoms with Crippen LogP contribution in [0.15, 0.2) is 0 Å². The van der Waals surface area contributed by atoms with Crippen molar-refractivity contribution < 1.29 is 19.8 Å². The lowest BCUT2D eigenvalue weighted by molar-refractivity contribution is -0.149. The van der Waals surface area contributed by atoms with E-state index in [0.717, 1.165) is 12.8 Å². The topological polar surface area (TPSA) is 86.6 Å². The second-order valence-corrected chi connectivity index (χ2v) is 5.15. The lowest BCUT2D eigenvalue weighted by Gasteiger charge is -2.18. The van der Waals surface area contributed by atoms with Crippen LogP contribution in [0.3, 0.4) is 0 Å². The number of aliphatic carboxylic acids is 1. The van der Waals surface area contributed by atoms with E-state index in [0.29, 0.717) is 6.54 Å². The van der Waals surface area contributed by atoms with Gasteiger partial charge < -0.3 is 15.5 Å². The van der Waals surface area contributed by atoms with Crippen molar-refractivity contribution in [2.45, 2.75) is 40.0 Å². The number of hydrogen-bond acceptors (Lipinski definition) is 3. The normalized spacial score (nSPS) is 13.2. The molecule has 0 heterocycles. The number of amides is 1. The number of carboxylic acids is 1. The molecule has 0 saturated carbocycles. The van der Waals surface area contributed by atoms with Crippen LogP contribution in [0.25, 0.3) is 0 Å². The summed E-state index contributed by atoms with van der Waals surface area (Å²) in [6.07, 6.45) is 1.62. The molecule has 0 saturated heterocycles. The molecule has 0 radical (unpaired) electrons. The van der Waals surface area contributed by atoms with Crippen molar-refractivity contribution >= 4 is 11.9 Å². The summed E-state index contributed by atoms with van der Waals surface area (Å²) in [6, 6.07) is 0. The first-order valence-electron chi connectivity index (χ1n) is 5.90. The molecule has 0 spiro atoms. The summed E-state index contributed by atoms with van der Waals surface area (Å²) in [5.41, 5.74) is -1.03. The van der Waals surface area contributed by atoms with Gasteiger partial charge >= 0.3 is 5.97 Å². The number of carboxylic acid groups (broad SMARTS) is 1. The smallest absolute Gasteiger partial charge is 0.309 e. The van der Waals surface area contributed by atoms with Crippen molar-refractivity contribution in [2.75, 3.05) is 13.2 Å². The Kier molecular flexibility index (Phi) is 6.80. The van der Waals surface area contributed by atoms with Crippen molar-refractivity contribution in [3.05, 3.63) is 0 Å². The SMILES string of the molecule is CC(CO)CCCNC(=O)CC(C)(C)C(=O)O. The second-order valence-electron chi connectivity index (χ2n) is 5.15. The van der Waals surface area contributed by atoms with E-state index in [1.54, 1.807) is 0 Å². The van der Waals surface area contributed by atoms with Crippen LogP contribution in [0.4, 0.5) is 0 Å². The standard InChI is InChI=1S/C12H23NO4/c1-9(8-14)5-4-6-13-10(15)7-12(2,3)11(16)17/h9,14H,4-8H2,1-3H3,(H,13,15)(H,16,17). The zero-order valence-corrected chi connectivity index (χ0v) is 10.8. The zero-order chi connectivity index (χ0) is 13.5. The van der Waals surface area contributed by atoms with E-state index in [2.05, 4.69) is 5.32 Å². The number of aliphatic hydroxyl groups is 1. The zero-order valence-electron chi connectivity index (χ0n) is 10.8. The lowest BCUT2D eigenvalue weighted by atomic mass is 9.89. The Morgan fingerprint density at radius 2 is 1.94 bits per heavy atom. The molecule has 3 N–H and O–H groups in total. The van der Waals surface area contributed by atoms with Gasteiger partial charge in [-0.05, 0) is 32.6 Å². The number of nitrogens with one attached hydrogen (secondary N) is 1. The van der Waals surface area contributed by atoms with Crippen LogP contribution in [0.5, 0.6) is 0 Å². The molecule has 0 rings (SSSR count). The van der Waals surface area contributed by atoms with E-state index >= 15 is 0 Å². The van der Waals surface area contributed by atoms with Crippen LogP contribution in [0, 0.1) is 11.3 Å². The fourth-order valence-corrected chi connectivity index (χ4v) is 1.31. The Bertz CT molecular complexity index is 263. The van der Waals surface area contributed by atoms with E-state index in [-0.39, 0.29) is 24.9 Å². The first kappa shape index (κ1) is 15.9. The van der Waals surface area contributed by atoms with E-state index in [1.807, 2.05) is 6.92 Å². The van der Waals surface area contributed by atoms with Crippen molar-refractivity contribution in [2.24, 2.45) is 11.3 Å². The fourth-order valence-electron chi connectivity index (χ4n) is 1.31. The highest BCUT2D eigenvalue weighted by Crippen LogP contribution is 2.19. The molecule has 17 heavy (non-hydrogen) atoms. The van der Waals surface area contributed by atoms with Crippen molar-refractivity contribution in [3.63, 3.8) is 0 Å². The number of rotatable bonds is 8. The van der Waals surface area contributed by atoms with Crippen LogP contribution < -0.4 is 5.32 Å². The number of aliphatic hydroxyl groups excluding tert-OH is 1. The Hall–Kier alpha value is -1.10. The molecule has 1 unspecified atom stereocenters. The maximum atomic E-state index is 11.5. The van der Waals surface area contributed by atoms with Gasteiger partial charge in [0, 0.05) is 19.6 Å². The maximum absolute atomic E-state index is 11.5. The maximum Gasteiger partial charge on any atom is 0.309 e. The molecule has 0 aromatic rings. The number of hydrogen-bond donors (Lipinski definition) is 3. The van der Waals surface area contributed by atoms with Crippen molar-refractivity contribution in [3.8, 4) is 0 Å². The van der Waals surface area contributed by atoms with Gasteiger partial charge in [-0.25, -0.2) is 0 Å². The molecular weight excluding hydrogens is 222 g/mol. The minimum atomic E-state index is -1.03. The summed E-state index contributed by atoms with van der Waals surface area (Å²) in [4.78, 5) is 22.3. The third kappa shape index (κ3) is 6.94. The second kappa shape index (κ2) is 7.27. The Labute approximate surface area is 102 Å². The Morgan fingerprint density at radius 3 is 2.41 bits per heavy atom. The Balaban J connectivity index is 3.78. The molecule has 1 atom stereocenters. The molecule has 1 amide bonds. The predicted molar refractivity (Wildman–Crippen MR) is 64.5 cm³/mol. The largest absolute Gasteiger partial charge is 0.481 e. The summed E-state index contributed by atoms with van der Waals surface area (Å²) in [7, 11) is 0. The van der Waals surface area contributed by atoms with Crippen LogP contribution in [-0.4, -0.2) is 35.2 Å². The van der Waals surface area contributed by atoms with Gasteiger partial charge in [0.2, 0.25) is 5.91 Å². The molecule has 0 aromatic carbocycles. The molecular formula is C12H23NO4. The van der Waals surface area contributed by atoms with E-state index in [1.165, 1.54) is 13.8 Å².